The van der Waals surface area contributed by atoms with Gasteiger partial charge in [0.15, 0.2) is 0 Å². The second kappa shape index (κ2) is 9.49. The van der Waals surface area contributed by atoms with Gasteiger partial charge in [0.2, 0.25) is 5.91 Å². The zero-order chi connectivity index (χ0) is 18.2. The molecule has 0 aromatic heterocycles. The predicted molar refractivity (Wildman–Crippen MR) is 102 cm³/mol. The Bertz CT molecular complexity index is 686. The lowest BCUT2D eigenvalue weighted by Crippen LogP contribution is -2.29. The average Bonchev–Trinajstić information content (AvgIpc) is 2.59. The number of carbonyl (C=O) groups excluding carboxylic acids is 1. The number of aliphatic hydroxyl groups excluding tert-OH is 1. The summed E-state index contributed by atoms with van der Waals surface area (Å²) in [5.41, 5.74) is 1.92. The number of carbonyl (C=O) groups is 1. The van der Waals surface area contributed by atoms with E-state index in [-0.39, 0.29) is 18.6 Å². The molecule has 2 rings (SSSR count). The molecule has 0 radical (unpaired) electrons. The highest BCUT2D eigenvalue weighted by Crippen LogP contribution is 2.20. The van der Waals surface area contributed by atoms with Crippen LogP contribution in [0.2, 0.25) is 0 Å². The molecule has 5 heteroatoms. The van der Waals surface area contributed by atoms with Crippen molar-refractivity contribution in [2.75, 3.05) is 12.3 Å². The number of aliphatic hydroxyl groups is 1. The average molecular weight is 359 g/mol. The Morgan fingerprint density at radius 2 is 1.92 bits per heavy atom. The topological polar surface area (TPSA) is 58.6 Å². The molecule has 2 aromatic carbocycles. The smallest absolute Gasteiger partial charge is 0.230 e. The molecule has 25 heavy (non-hydrogen) atoms. The maximum absolute atomic E-state index is 12.0. The summed E-state index contributed by atoms with van der Waals surface area (Å²) in [5, 5.41) is 13.0. The Morgan fingerprint density at radius 1 is 1.20 bits per heavy atom. The van der Waals surface area contributed by atoms with Crippen molar-refractivity contribution in [3.63, 3.8) is 0 Å². The standard InChI is InChI=1S/C20H25NO3S/c1-14(2)24-17-6-4-5-16(11-17)19(22)12-21-20(23)13-25-18-9-7-15(3)8-10-18/h4-11,14,19,22H,12-13H2,1-3H3,(H,21,23). The van der Waals surface area contributed by atoms with Gasteiger partial charge in [-0.25, -0.2) is 0 Å². The molecule has 0 aliphatic rings. The van der Waals surface area contributed by atoms with Crippen molar-refractivity contribution < 1.29 is 14.6 Å². The number of hydrogen-bond acceptors (Lipinski definition) is 4. The number of rotatable bonds is 8. The van der Waals surface area contributed by atoms with Crippen LogP contribution < -0.4 is 10.1 Å². The van der Waals surface area contributed by atoms with E-state index in [9.17, 15) is 9.90 Å². The van der Waals surface area contributed by atoms with Crippen LogP contribution in [0.25, 0.3) is 0 Å². The second-order valence-electron chi connectivity index (χ2n) is 6.16. The molecular weight excluding hydrogens is 334 g/mol. The number of nitrogens with one attached hydrogen (secondary N) is 1. The largest absolute Gasteiger partial charge is 0.491 e. The number of aryl methyl sites for hydroxylation is 1. The summed E-state index contributed by atoms with van der Waals surface area (Å²) in [7, 11) is 0. The monoisotopic (exact) mass is 359 g/mol. The number of benzene rings is 2. The van der Waals surface area contributed by atoms with Crippen LogP contribution in [0.5, 0.6) is 5.75 Å². The Kier molecular flexibility index (Phi) is 7.34. The van der Waals surface area contributed by atoms with Crippen LogP contribution in [0, 0.1) is 6.92 Å². The zero-order valence-electron chi connectivity index (χ0n) is 14.9. The number of hydrogen-bond donors (Lipinski definition) is 2. The van der Waals surface area contributed by atoms with E-state index >= 15 is 0 Å². The normalized spacial score (nSPS) is 12.0. The maximum atomic E-state index is 12.0. The van der Waals surface area contributed by atoms with Crippen molar-refractivity contribution in [2.24, 2.45) is 0 Å². The van der Waals surface area contributed by atoms with Crippen molar-refractivity contribution in [3.05, 3.63) is 59.7 Å². The molecule has 2 N–H and O–H groups in total. The van der Waals surface area contributed by atoms with Crippen molar-refractivity contribution in [2.45, 2.75) is 37.9 Å². The van der Waals surface area contributed by atoms with Crippen LogP contribution in [-0.2, 0) is 4.79 Å². The fourth-order valence-corrected chi connectivity index (χ4v) is 2.96. The minimum absolute atomic E-state index is 0.0749. The molecule has 0 fully saturated rings. The molecule has 1 atom stereocenters. The van der Waals surface area contributed by atoms with Crippen LogP contribution in [0.15, 0.2) is 53.4 Å². The summed E-state index contributed by atoms with van der Waals surface area (Å²) in [6.45, 7) is 6.12. The lowest BCUT2D eigenvalue weighted by molar-refractivity contribution is -0.119. The Labute approximate surface area is 153 Å². The highest BCUT2D eigenvalue weighted by Gasteiger charge is 2.11. The van der Waals surface area contributed by atoms with Crippen molar-refractivity contribution in [1.29, 1.82) is 0 Å². The number of amides is 1. The van der Waals surface area contributed by atoms with Gasteiger partial charge in [-0.2, -0.15) is 0 Å². The fraction of sp³-hybridized carbons (Fsp3) is 0.350. The lowest BCUT2D eigenvalue weighted by Gasteiger charge is -2.15. The van der Waals surface area contributed by atoms with Crippen molar-refractivity contribution in [1.82, 2.24) is 5.32 Å². The van der Waals surface area contributed by atoms with Crippen LogP contribution in [0.1, 0.15) is 31.1 Å². The van der Waals surface area contributed by atoms with Gasteiger partial charge in [-0.05, 0) is 50.6 Å². The van der Waals surface area contributed by atoms with E-state index in [0.717, 1.165) is 10.5 Å². The number of thioether (sulfide) groups is 1. The second-order valence-corrected chi connectivity index (χ2v) is 7.21. The molecule has 0 bridgehead atoms. The van der Waals surface area contributed by atoms with E-state index in [2.05, 4.69) is 5.32 Å². The molecule has 4 nitrogen and oxygen atoms in total. The third kappa shape index (κ3) is 6.80. The third-order valence-electron chi connectivity index (χ3n) is 3.50. The molecule has 0 spiro atoms. The molecule has 134 valence electrons. The van der Waals surface area contributed by atoms with Gasteiger partial charge in [0.1, 0.15) is 5.75 Å². The number of ether oxygens (including phenoxy) is 1. The minimum atomic E-state index is -0.760. The summed E-state index contributed by atoms with van der Waals surface area (Å²) in [6.07, 6.45) is -0.685. The third-order valence-corrected chi connectivity index (χ3v) is 4.51. The van der Waals surface area contributed by atoms with Gasteiger partial charge in [0, 0.05) is 11.4 Å². The molecule has 1 amide bonds. The maximum Gasteiger partial charge on any atom is 0.230 e. The van der Waals surface area contributed by atoms with Crippen molar-refractivity contribution in [3.8, 4) is 5.75 Å². The molecule has 0 saturated carbocycles. The van der Waals surface area contributed by atoms with E-state index in [1.165, 1.54) is 17.3 Å². The van der Waals surface area contributed by atoms with Crippen LogP contribution >= 0.6 is 11.8 Å². The summed E-state index contributed by atoms with van der Waals surface area (Å²) in [4.78, 5) is 13.0. The first-order valence-electron chi connectivity index (χ1n) is 8.35. The zero-order valence-corrected chi connectivity index (χ0v) is 15.7. The van der Waals surface area contributed by atoms with Gasteiger partial charge in [-0.15, -0.1) is 11.8 Å². The van der Waals surface area contributed by atoms with E-state index in [1.807, 2.05) is 63.2 Å². The highest BCUT2D eigenvalue weighted by molar-refractivity contribution is 8.00. The summed E-state index contributed by atoms with van der Waals surface area (Å²) < 4.78 is 5.62. The first-order chi connectivity index (χ1) is 11.9. The molecule has 0 heterocycles. The van der Waals surface area contributed by atoms with Gasteiger partial charge in [-0.1, -0.05) is 29.8 Å². The van der Waals surface area contributed by atoms with E-state index in [4.69, 9.17) is 4.74 Å². The molecule has 0 aliphatic carbocycles. The van der Waals surface area contributed by atoms with Gasteiger partial charge < -0.3 is 15.2 Å². The van der Waals surface area contributed by atoms with Crippen LogP contribution in [0.3, 0.4) is 0 Å². The first kappa shape index (κ1) is 19.3. The quantitative estimate of drug-likeness (QED) is 0.705. The molecule has 1 unspecified atom stereocenters. The lowest BCUT2D eigenvalue weighted by atomic mass is 10.1. The minimum Gasteiger partial charge on any atom is -0.491 e. The first-order valence-corrected chi connectivity index (χ1v) is 9.33. The van der Waals surface area contributed by atoms with Crippen molar-refractivity contribution >= 4 is 17.7 Å². The van der Waals surface area contributed by atoms with Crippen LogP contribution in [0.4, 0.5) is 0 Å². The Hall–Kier alpha value is -1.98. The van der Waals surface area contributed by atoms with E-state index in [0.29, 0.717) is 11.5 Å². The summed E-state index contributed by atoms with van der Waals surface area (Å²) >= 11 is 1.48. The van der Waals surface area contributed by atoms with E-state index < -0.39 is 6.10 Å². The summed E-state index contributed by atoms with van der Waals surface area (Å²) in [5.74, 6) is 0.943. The SMILES string of the molecule is Cc1ccc(SCC(=O)NCC(O)c2cccc(OC(C)C)c2)cc1. The Balaban J connectivity index is 1.79. The Morgan fingerprint density at radius 3 is 2.60 bits per heavy atom. The van der Waals surface area contributed by atoms with Gasteiger partial charge in [0.05, 0.1) is 18.0 Å². The fourth-order valence-electron chi connectivity index (χ4n) is 2.23. The molecule has 0 saturated heterocycles. The molecular formula is C20H25NO3S. The summed E-state index contributed by atoms with van der Waals surface area (Å²) in [6, 6.07) is 15.4. The molecule has 0 aliphatic heterocycles. The van der Waals surface area contributed by atoms with Crippen LogP contribution in [-0.4, -0.2) is 29.4 Å². The predicted octanol–water partition coefficient (Wildman–Crippen LogP) is 3.72. The highest BCUT2D eigenvalue weighted by atomic mass is 32.2. The van der Waals surface area contributed by atoms with Gasteiger partial charge >= 0.3 is 0 Å². The van der Waals surface area contributed by atoms with E-state index in [1.54, 1.807) is 6.07 Å². The van der Waals surface area contributed by atoms with Gasteiger partial charge in [-0.3, -0.25) is 4.79 Å². The van der Waals surface area contributed by atoms with Gasteiger partial charge in [0.25, 0.3) is 0 Å². The molecule has 2 aromatic rings.